The van der Waals surface area contributed by atoms with Crippen molar-refractivity contribution in [3.05, 3.63) is 93.8 Å². The summed E-state index contributed by atoms with van der Waals surface area (Å²) in [5.74, 6) is -0.229. The fourth-order valence-corrected chi connectivity index (χ4v) is 4.22. The summed E-state index contributed by atoms with van der Waals surface area (Å²) in [7, 11) is 0. The van der Waals surface area contributed by atoms with Crippen LogP contribution in [0.25, 0.3) is 0 Å². The average molecular weight is 455 g/mol. The van der Waals surface area contributed by atoms with Crippen LogP contribution in [0.5, 0.6) is 0 Å². The van der Waals surface area contributed by atoms with Crippen LogP contribution < -0.4 is 5.73 Å². The summed E-state index contributed by atoms with van der Waals surface area (Å²) >= 11 is 6.10. The van der Waals surface area contributed by atoms with Crippen LogP contribution >= 0.6 is 11.6 Å². The number of halogens is 2. The zero-order valence-corrected chi connectivity index (χ0v) is 19.9. The van der Waals surface area contributed by atoms with Crippen molar-refractivity contribution in [2.75, 3.05) is 13.1 Å². The van der Waals surface area contributed by atoms with Crippen molar-refractivity contribution >= 4 is 11.6 Å². The molecule has 32 heavy (non-hydrogen) atoms. The van der Waals surface area contributed by atoms with Crippen molar-refractivity contribution in [3.63, 3.8) is 0 Å². The van der Waals surface area contributed by atoms with Gasteiger partial charge in [-0.2, -0.15) is 0 Å². The summed E-state index contributed by atoms with van der Waals surface area (Å²) in [5, 5.41) is 0.647. The number of rotatable bonds is 10. The molecule has 0 radical (unpaired) electrons. The largest absolute Gasteiger partial charge is 0.330 e. The lowest BCUT2D eigenvalue weighted by molar-refractivity contribution is 0.244. The lowest BCUT2D eigenvalue weighted by Gasteiger charge is -2.30. The fraction of sp³-hybridized carbons (Fsp3) is 0.385. The predicted octanol–water partition coefficient (Wildman–Crippen LogP) is 5.64. The molecule has 4 nitrogen and oxygen atoms in total. The van der Waals surface area contributed by atoms with Gasteiger partial charge in [-0.15, -0.1) is 0 Å². The minimum absolute atomic E-state index is 0.229. The van der Waals surface area contributed by atoms with E-state index in [2.05, 4.69) is 29.8 Å². The van der Waals surface area contributed by atoms with Crippen molar-refractivity contribution in [3.8, 4) is 0 Å². The van der Waals surface area contributed by atoms with Gasteiger partial charge in [-0.05, 0) is 73.8 Å². The molecule has 1 aromatic carbocycles. The molecule has 6 heteroatoms. The van der Waals surface area contributed by atoms with E-state index in [1.807, 2.05) is 37.4 Å². The number of pyridine rings is 2. The Morgan fingerprint density at radius 1 is 1.03 bits per heavy atom. The van der Waals surface area contributed by atoms with Crippen LogP contribution in [0.4, 0.5) is 4.39 Å². The Bertz CT molecular complexity index is 1020. The summed E-state index contributed by atoms with van der Waals surface area (Å²) in [6.45, 7) is 9.33. The van der Waals surface area contributed by atoms with E-state index in [9.17, 15) is 4.39 Å². The van der Waals surface area contributed by atoms with E-state index in [0.717, 1.165) is 47.5 Å². The topological polar surface area (TPSA) is 55.0 Å². The Labute approximate surface area is 195 Å². The van der Waals surface area contributed by atoms with Gasteiger partial charge in [-0.25, -0.2) is 4.39 Å². The molecule has 0 spiro atoms. The van der Waals surface area contributed by atoms with E-state index in [0.29, 0.717) is 24.7 Å². The molecule has 0 atom stereocenters. The number of unbranched alkanes of at least 4 members (excludes halogenated alkanes) is 1. The molecule has 0 aliphatic carbocycles. The molecular formula is C26H32ClFN4. The molecule has 0 unspecified atom stereocenters. The van der Waals surface area contributed by atoms with Gasteiger partial charge < -0.3 is 5.73 Å². The van der Waals surface area contributed by atoms with Crippen molar-refractivity contribution in [1.82, 2.24) is 14.9 Å². The van der Waals surface area contributed by atoms with E-state index in [1.54, 1.807) is 6.20 Å². The molecule has 3 aromatic rings. The van der Waals surface area contributed by atoms with Gasteiger partial charge in [0.05, 0.1) is 16.4 Å². The molecule has 2 heterocycles. The number of nitrogens with two attached hydrogens (primary N) is 1. The van der Waals surface area contributed by atoms with Crippen LogP contribution in [0.3, 0.4) is 0 Å². The van der Waals surface area contributed by atoms with Crippen molar-refractivity contribution in [2.45, 2.75) is 52.1 Å². The molecule has 0 saturated carbocycles. The van der Waals surface area contributed by atoms with Gasteiger partial charge in [-0.1, -0.05) is 43.6 Å². The van der Waals surface area contributed by atoms with Crippen molar-refractivity contribution in [1.29, 1.82) is 0 Å². The minimum atomic E-state index is -0.311. The smallest absolute Gasteiger partial charge is 0.123 e. The van der Waals surface area contributed by atoms with Crippen LogP contribution in [-0.2, 0) is 18.5 Å². The first-order valence-corrected chi connectivity index (χ1v) is 11.4. The number of nitrogens with zero attached hydrogens (tertiary/aromatic N) is 3. The Balaban J connectivity index is 1.89. The fourth-order valence-electron chi connectivity index (χ4n) is 4.01. The molecule has 0 fully saturated rings. The van der Waals surface area contributed by atoms with Gasteiger partial charge in [0, 0.05) is 30.9 Å². The van der Waals surface area contributed by atoms with Crippen LogP contribution in [0, 0.1) is 12.7 Å². The summed E-state index contributed by atoms with van der Waals surface area (Å²) < 4.78 is 13.5. The molecule has 0 bridgehead atoms. The van der Waals surface area contributed by atoms with Gasteiger partial charge in [0.15, 0.2) is 0 Å². The molecule has 2 aromatic heterocycles. The quantitative estimate of drug-likeness (QED) is 0.402. The van der Waals surface area contributed by atoms with Crippen LogP contribution in [0.2, 0.25) is 5.02 Å². The number of benzene rings is 1. The van der Waals surface area contributed by atoms with E-state index in [1.165, 1.54) is 12.1 Å². The van der Waals surface area contributed by atoms with Gasteiger partial charge in [-0.3, -0.25) is 14.9 Å². The highest BCUT2D eigenvalue weighted by Crippen LogP contribution is 2.33. The third-order valence-electron chi connectivity index (χ3n) is 5.96. The zero-order chi connectivity index (χ0) is 23.1. The van der Waals surface area contributed by atoms with E-state index >= 15 is 0 Å². The summed E-state index contributed by atoms with van der Waals surface area (Å²) in [6, 6.07) is 12.8. The lowest BCUT2D eigenvalue weighted by Crippen LogP contribution is -2.29. The highest BCUT2D eigenvalue weighted by molar-refractivity contribution is 6.30. The van der Waals surface area contributed by atoms with Gasteiger partial charge in [0.25, 0.3) is 0 Å². The maximum absolute atomic E-state index is 13.5. The molecule has 170 valence electrons. The number of hydrogen-bond acceptors (Lipinski definition) is 4. The average Bonchev–Trinajstić information content (AvgIpc) is 2.76. The molecule has 0 aliphatic rings. The van der Waals surface area contributed by atoms with Crippen molar-refractivity contribution in [2.24, 2.45) is 5.73 Å². The standard InChI is InChI=1S/C26H32ClFN4/c1-19-15-21(27)16-31-24(19)17-32(14-5-4-12-29)18-25-23(7-6-13-30-25)26(2,3)20-8-10-22(28)11-9-20/h6-11,13,15-16H,4-5,12,14,17-18,29H2,1-3H3. The molecule has 3 rings (SSSR count). The van der Waals surface area contributed by atoms with Crippen LogP contribution in [-0.4, -0.2) is 28.0 Å². The first-order chi connectivity index (χ1) is 15.3. The van der Waals surface area contributed by atoms with Crippen LogP contribution in [0.1, 0.15) is 54.8 Å². The molecule has 0 saturated heterocycles. The Kier molecular flexibility index (Phi) is 8.35. The minimum Gasteiger partial charge on any atom is -0.330 e. The number of aromatic nitrogens is 2. The maximum Gasteiger partial charge on any atom is 0.123 e. The first-order valence-electron chi connectivity index (χ1n) is 11.0. The Morgan fingerprint density at radius 2 is 1.75 bits per heavy atom. The second-order valence-corrected chi connectivity index (χ2v) is 9.19. The van der Waals surface area contributed by atoms with Gasteiger partial charge >= 0.3 is 0 Å². The second kappa shape index (κ2) is 11.0. The predicted molar refractivity (Wildman–Crippen MR) is 129 cm³/mol. The van der Waals surface area contributed by atoms with E-state index in [-0.39, 0.29) is 11.2 Å². The van der Waals surface area contributed by atoms with Crippen molar-refractivity contribution < 1.29 is 4.39 Å². The molecule has 2 N–H and O–H groups in total. The normalized spacial score (nSPS) is 11.8. The monoisotopic (exact) mass is 454 g/mol. The first kappa shape index (κ1) is 24.3. The molecular weight excluding hydrogens is 423 g/mol. The Hall–Kier alpha value is -2.34. The number of hydrogen-bond donors (Lipinski definition) is 1. The maximum atomic E-state index is 13.5. The number of aryl methyl sites for hydroxylation is 1. The summed E-state index contributed by atoms with van der Waals surface area (Å²) in [5.41, 5.74) is 10.7. The third kappa shape index (κ3) is 6.12. The SMILES string of the molecule is Cc1cc(Cl)cnc1CN(CCCCN)Cc1ncccc1C(C)(C)c1ccc(F)cc1. The molecule has 0 aliphatic heterocycles. The summed E-state index contributed by atoms with van der Waals surface area (Å²) in [6.07, 6.45) is 5.52. The van der Waals surface area contributed by atoms with Gasteiger partial charge in [0.1, 0.15) is 5.82 Å². The lowest BCUT2D eigenvalue weighted by atomic mass is 9.77. The van der Waals surface area contributed by atoms with Gasteiger partial charge in [0.2, 0.25) is 0 Å². The Morgan fingerprint density at radius 3 is 2.44 bits per heavy atom. The second-order valence-electron chi connectivity index (χ2n) is 8.75. The highest BCUT2D eigenvalue weighted by Gasteiger charge is 2.27. The van der Waals surface area contributed by atoms with E-state index in [4.69, 9.17) is 22.3 Å². The molecule has 0 amide bonds. The summed E-state index contributed by atoms with van der Waals surface area (Å²) in [4.78, 5) is 11.7. The van der Waals surface area contributed by atoms with E-state index < -0.39 is 0 Å². The highest BCUT2D eigenvalue weighted by atomic mass is 35.5. The third-order valence-corrected chi connectivity index (χ3v) is 6.16. The van der Waals surface area contributed by atoms with Crippen LogP contribution in [0.15, 0.2) is 54.9 Å². The zero-order valence-electron chi connectivity index (χ0n) is 19.1.